The van der Waals surface area contributed by atoms with Gasteiger partial charge in [0.1, 0.15) is 11.9 Å². The summed E-state index contributed by atoms with van der Waals surface area (Å²) < 4.78 is 14.3. The van der Waals surface area contributed by atoms with E-state index in [9.17, 15) is 14.0 Å². The minimum Gasteiger partial charge on any atom is -0.355 e. The Bertz CT molecular complexity index is 1050. The number of hydrogen-bond acceptors (Lipinski definition) is 2. The molecule has 0 aliphatic heterocycles. The molecule has 0 radical (unpaired) electrons. The summed E-state index contributed by atoms with van der Waals surface area (Å²) in [5.74, 6) is -0.927. The number of carbonyl (C=O) groups is 2. The first-order valence-electron chi connectivity index (χ1n) is 10.9. The van der Waals surface area contributed by atoms with Crippen LogP contribution in [0.1, 0.15) is 29.2 Å². The molecule has 0 heterocycles. The van der Waals surface area contributed by atoms with E-state index in [4.69, 9.17) is 0 Å². The van der Waals surface area contributed by atoms with Crippen molar-refractivity contribution >= 4 is 11.8 Å². The third-order valence-corrected chi connectivity index (χ3v) is 5.36. The van der Waals surface area contributed by atoms with Crippen molar-refractivity contribution in [3.05, 3.63) is 107 Å². The molecule has 3 aromatic carbocycles. The average molecular weight is 433 g/mol. The van der Waals surface area contributed by atoms with Crippen LogP contribution in [0, 0.1) is 12.7 Å². The van der Waals surface area contributed by atoms with E-state index in [1.54, 1.807) is 23.1 Å². The molecular formula is C27H29FN2O2. The van der Waals surface area contributed by atoms with Gasteiger partial charge in [-0.25, -0.2) is 4.39 Å². The van der Waals surface area contributed by atoms with Crippen LogP contribution in [0.25, 0.3) is 0 Å². The zero-order valence-corrected chi connectivity index (χ0v) is 18.6. The van der Waals surface area contributed by atoms with Crippen molar-refractivity contribution in [1.82, 2.24) is 10.2 Å². The Labute approximate surface area is 189 Å². The second-order valence-corrected chi connectivity index (χ2v) is 7.88. The molecule has 3 rings (SSSR count). The molecule has 1 N–H and O–H groups in total. The Morgan fingerprint density at radius 3 is 2.31 bits per heavy atom. The molecule has 0 aliphatic rings. The summed E-state index contributed by atoms with van der Waals surface area (Å²) in [5.41, 5.74) is 3.27. The molecule has 0 aromatic heterocycles. The van der Waals surface area contributed by atoms with Crippen molar-refractivity contribution in [2.24, 2.45) is 0 Å². The van der Waals surface area contributed by atoms with E-state index in [2.05, 4.69) is 5.32 Å². The van der Waals surface area contributed by atoms with Crippen molar-refractivity contribution in [3.8, 4) is 0 Å². The maximum Gasteiger partial charge on any atom is 0.243 e. The summed E-state index contributed by atoms with van der Waals surface area (Å²) in [7, 11) is 0. The highest BCUT2D eigenvalue weighted by Crippen LogP contribution is 2.18. The standard InChI is InChI=1S/C27H29FN2O2/c1-3-29-27(32)25(17-21-11-5-4-6-12-21)30(19-22-13-9-10-20(2)16-22)26(31)18-23-14-7-8-15-24(23)28/h4-16,25H,3,17-19H2,1-2H3,(H,29,32). The van der Waals surface area contributed by atoms with Crippen LogP contribution in [-0.4, -0.2) is 29.3 Å². The monoisotopic (exact) mass is 432 g/mol. The van der Waals surface area contributed by atoms with E-state index >= 15 is 0 Å². The molecule has 0 spiro atoms. The lowest BCUT2D eigenvalue weighted by Gasteiger charge is -2.31. The predicted molar refractivity (Wildman–Crippen MR) is 124 cm³/mol. The molecule has 32 heavy (non-hydrogen) atoms. The van der Waals surface area contributed by atoms with Gasteiger partial charge in [0, 0.05) is 19.5 Å². The average Bonchev–Trinajstić information content (AvgIpc) is 2.78. The van der Waals surface area contributed by atoms with E-state index in [1.807, 2.05) is 68.4 Å². The predicted octanol–water partition coefficient (Wildman–Crippen LogP) is 4.45. The van der Waals surface area contributed by atoms with Crippen LogP contribution in [0.15, 0.2) is 78.9 Å². The molecule has 1 unspecified atom stereocenters. The Hall–Kier alpha value is -3.47. The van der Waals surface area contributed by atoms with Gasteiger partial charge in [-0.15, -0.1) is 0 Å². The third kappa shape index (κ3) is 6.27. The zero-order valence-electron chi connectivity index (χ0n) is 18.6. The lowest BCUT2D eigenvalue weighted by Crippen LogP contribution is -2.51. The van der Waals surface area contributed by atoms with Gasteiger partial charge in [-0.2, -0.15) is 0 Å². The van der Waals surface area contributed by atoms with Crippen LogP contribution in [0.2, 0.25) is 0 Å². The number of benzene rings is 3. The summed E-state index contributed by atoms with van der Waals surface area (Å²) in [6, 6.07) is 23.0. The molecule has 4 nitrogen and oxygen atoms in total. The van der Waals surface area contributed by atoms with Crippen molar-refractivity contribution in [1.29, 1.82) is 0 Å². The molecule has 2 amide bonds. The first-order chi connectivity index (χ1) is 15.5. The summed E-state index contributed by atoms with van der Waals surface area (Å²) in [6.45, 7) is 4.57. The fourth-order valence-corrected chi connectivity index (χ4v) is 3.76. The molecule has 0 bridgehead atoms. The highest BCUT2D eigenvalue weighted by Gasteiger charge is 2.30. The molecule has 1 atom stereocenters. The Kier molecular flexibility index (Phi) is 8.14. The quantitative estimate of drug-likeness (QED) is 0.543. The van der Waals surface area contributed by atoms with Crippen LogP contribution in [0.4, 0.5) is 4.39 Å². The normalized spacial score (nSPS) is 11.6. The van der Waals surface area contributed by atoms with E-state index in [0.29, 0.717) is 18.5 Å². The fraction of sp³-hybridized carbons (Fsp3) is 0.259. The molecule has 3 aromatic rings. The third-order valence-electron chi connectivity index (χ3n) is 5.36. The van der Waals surface area contributed by atoms with Crippen LogP contribution in [-0.2, 0) is 29.0 Å². The summed E-state index contributed by atoms with van der Waals surface area (Å²) in [4.78, 5) is 28.1. The topological polar surface area (TPSA) is 49.4 Å². The molecule has 0 fully saturated rings. The maximum atomic E-state index is 14.3. The number of nitrogens with one attached hydrogen (secondary N) is 1. The molecule has 0 aliphatic carbocycles. The molecule has 0 saturated carbocycles. The number of likely N-dealkylation sites (N-methyl/N-ethyl adjacent to an activating group) is 1. The summed E-state index contributed by atoms with van der Waals surface area (Å²) >= 11 is 0. The SMILES string of the molecule is CCNC(=O)C(Cc1ccccc1)N(Cc1cccc(C)c1)C(=O)Cc1ccccc1F. The minimum atomic E-state index is -0.711. The van der Waals surface area contributed by atoms with Crippen molar-refractivity contribution in [2.45, 2.75) is 39.3 Å². The maximum absolute atomic E-state index is 14.3. The fourth-order valence-electron chi connectivity index (χ4n) is 3.76. The lowest BCUT2D eigenvalue weighted by atomic mass is 10.0. The number of amides is 2. The largest absolute Gasteiger partial charge is 0.355 e. The van der Waals surface area contributed by atoms with Gasteiger partial charge in [0.15, 0.2) is 0 Å². The Morgan fingerprint density at radius 1 is 0.938 bits per heavy atom. The van der Waals surface area contributed by atoms with E-state index < -0.39 is 11.9 Å². The molecule has 5 heteroatoms. The number of carbonyl (C=O) groups excluding carboxylic acids is 2. The van der Waals surface area contributed by atoms with Crippen molar-refractivity contribution in [2.75, 3.05) is 6.54 Å². The summed E-state index contributed by atoms with van der Waals surface area (Å²) in [6.07, 6.45) is 0.269. The van der Waals surface area contributed by atoms with E-state index in [-0.39, 0.29) is 24.8 Å². The number of rotatable bonds is 9. The van der Waals surface area contributed by atoms with Gasteiger partial charge in [-0.1, -0.05) is 78.4 Å². The van der Waals surface area contributed by atoms with Crippen LogP contribution < -0.4 is 5.32 Å². The van der Waals surface area contributed by atoms with Crippen LogP contribution >= 0.6 is 0 Å². The van der Waals surface area contributed by atoms with Gasteiger partial charge >= 0.3 is 0 Å². The van der Waals surface area contributed by atoms with Gasteiger partial charge in [0.2, 0.25) is 11.8 Å². The van der Waals surface area contributed by atoms with Crippen LogP contribution in [0.3, 0.4) is 0 Å². The summed E-state index contributed by atoms with van der Waals surface area (Å²) in [5, 5.41) is 2.87. The number of hydrogen-bond donors (Lipinski definition) is 1. The highest BCUT2D eigenvalue weighted by molar-refractivity contribution is 5.88. The van der Waals surface area contributed by atoms with Gasteiger partial charge in [-0.05, 0) is 36.6 Å². The van der Waals surface area contributed by atoms with Gasteiger partial charge in [-0.3, -0.25) is 9.59 Å². The molecule has 0 saturated heterocycles. The molecule has 166 valence electrons. The second-order valence-electron chi connectivity index (χ2n) is 7.88. The van der Waals surface area contributed by atoms with Gasteiger partial charge in [0.25, 0.3) is 0 Å². The lowest BCUT2D eigenvalue weighted by molar-refractivity contribution is -0.140. The van der Waals surface area contributed by atoms with Crippen molar-refractivity contribution < 1.29 is 14.0 Å². The zero-order chi connectivity index (χ0) is 22.9. The minimum absolute atomic E-state index is 0.108. The number of aryl methyl sites for hydroxylation is 1. The first-order valence-corrected chi connectivity index (χ1v) is 10.9. The Balaban J connectivity index is 1.96. The Morgan fingerprint density at radius 2 is 1.62 bits per heavy atom. The second kappa shape index (κ2) is 11.2. The van der Waals surface area contributed by atoms with E-state index in [0.717, 1.165) is 16.7 Å². The number of nitrogens with zero attached hydrogens (tertiary/aromatic N) is 1. The smallest absolute Gasteiger partial charge is 0.243 e. The van der Waals surface area contributed by atoms with Crippen LogP contribution in [0.5, 0.6) is 0 Å². The highest BCUT2D eigenvalue weighted by atomic mass is 19.1. The van der Waals surface area contributed by atoms with E-state index in [1.165, 1.54) is 6.07 Å². The number of halogens is 1. The molecular weight excluding hydrogens is 403 g/mol. The van der Waals surface area contributed by atoms with Gasteiger partial charge < -0.3 is 10.2 Å². The first kappa shape index (κ1) is 23.2. The van der Waals surface area contributed by atoms with Gasteiger partial charge in [0.05, 0.1) is 6.42 Å². The van der Waals surface area contributed by atoms with Crippen molar-refractivity contribution in [3.63, 3.8) is 0 Å².